The van der Waals surface area contributed by atoms with Gasteiger partial charge in [0.2, 0.25) is 5.91 Å². The number of hydrogen-bond acceptors (Lipinski definition) is 7. The van der Waals surface area contributed by atoms with Crippen LogP contribution in [-0.4, -0.2) is 59.3 Å². The molecule has 0 atom stereocenters. The summed E-state index contributed by atoms with van der Waals surface area (Å²) in [5.74, 6) is -0.0316. The molecule has 5 rings (SSSR count). The fourth-order valence-electron chi connectivity index (χ4n) is 3.92. The Morgan fingerprint density at radius 3 is 2.67 bits per heavy atom. The molecule has 1 aromatic carbocycles. The van der Waals surface area contributed by atoms with Crippen molar-refractivity contribution in [3.63, 3.8) is 0 Å². The first-order valence-electron chi connectivity index (χ1n) is 10.7. The van der Waals surface area contributed by atoms with Gasteiger partial charge in [-0.2, -0.15) is 0 Å². The molecule has 4 heterocycles. The SMILES string of the molecule is N=C(c1cc2sc(NC(=O)CN3CCOCC3)cc2[nH]1)c1ccc(-c2ccncc2)cc1N. The van der Waals surface area contributed by atoms with Gasteiger partial charge in [0.05, 0.1) is 46.4 Å². The Labute approximate surface area is 194 Å². The second-order valence-electron chi connectivity index (χ2n) is 7.92. The molecule has 1 aliphatic heterocycles. The highest BCUT2D eigenvalue weighted by molar-refractivity contribution is 7.23. The highest BCUT2D eigenvalue weighted by Crippen LogP contribution is 2.32. The van der Waals surface area contributed by atoms with Crippen molar-refractivity contribution < 1.29 is 9.53 Å². The number of nitrogens with two attached hydrogens (primary N) is 1. The van der Waals surface area contributed by atoms with Crippen LogP contribution >= 0.6 is 11.3 Å². The number of anilines is 2. The largest absolute Gasteiger partial charge is 0.398 e. The van der Waals surface area contributed by atoms with Gasteiger partial charge < -0.3 is 20.8 Å². The summed E-state index contributed by atoms with van der Waals surface area (Å²) in [4.78, 5) is 21.8. The minimum Gasteiger partial charge on any atom is -0.398 e. The number of benzene rings is 1. The number of rotatable bonds is 6. The zero-order valence-electron chi connectivity index (χ0n) is 17.9. The summed E-state index contributed by atoms with van der Waals surface area (Å²) in [6.07, 6.45) is 3.49. The van der Waals surface area contributed by atoms with E-state index in [2.05, 4.69) is 20.2 Å². The molecule has 168 valence electrons. The number of carbonyl (C=O) groups is 1. The van der Waals surface area contributed by atoms with E-state index in [1.54, 1.807) is 12.4 Å². The van der Waals surface area contributed by atoms with Gasteiger partial charge in [0.15, 0.2) is 0 Å². The number of nitrogen functional groups attached to an aromatic ring is 1. The predicted octanol–water partition coefficient (Wildman–Crippen LogP) is 3.56. The number of carbonyl (C=O) groups excluding carboxylic acids is 1. The summed E-state index contributed by atoms with van der Waals surface area (Å²) >= 11 is 1.48. The summed E-state index contributed by atoms with van der Waals surface area (Å²) in [6, 6.07) is 13.4. The molecule has 33 heavy (non-hydrogen) atoms. The molecule has 0 spiro atoms. The molecular weight excluding hydrogens is 436 g/mol. The quantitative estimate of drug-likeness (QED) is 0.259. The number of amides is 1. The summed E-state index contributed by atoms with van der Waals surface area (Å²) in [7, 11) is 0. The fourth-order valence-corrected chi connectivity index (χ4v) is 4.89. The van der Waals surface area contributed by atoms with Crippen molar-refractivity contribution in [3.05, 3.63) is 66.1 Å². The minimum atomic E-state index is -0.0316. The second kappa shape index (κ2) is 9.14. The number of aromatic nitrogens is 2. The normalized spacial score (nSPS) is 14.4. The molecule has 0 bridgehead atoms. The lowest BCUT2D eigenvalue weighted by atomic mass is 10.00. The van der Waals surface area contributed by atoms with Crippen molar-refractivity contribution in [2.45, 2.75) is 0 Å². The Bertz CT molecular complexity index is 1280. The number of fused-ring (bicyclic) bond motifs is 1. The molecule has 5 N–H and O–H groups in total. The first kappa shape index (κ1) is 21.3. The minimum absolute atomic E-state index is 0.0316. The van der Waals surface area contributed by atoms with Gasteiger partial charge >= 0.3 is 0 Å². The lowest BCUT2D eigenvalue weighted by Crippen LogP contribution is -2.41. The van der Waals surface area contributed by atoms with Gasteiger partial charge in [-0.3, -0.25) is 20.1 Å². The molecule has 1 saturated heterocycles. The number of thiophene rings is 1. The Kier molecular flexibility index (Phi) is 5.91. The number of aromatic amines is 1. The van der Waals surface area contributed by atoms with Gasteiger partial charge in [0.1, 0.15) is 0 Å². The van der Waals surface area contributed by atoms with E-state index >= 15 is 0 Å². The van der Waals surface area contributed by atoms with Crippen molar-refractivity contribution in [3.8, 4) is 11.1 Å². The van der Waals surface area contributed by atoms with E-state index in [-0.39, 0.29) is 5.91 Å². The predicted molar refractivity (Wildman–Crippen MR) is 132 cm³/mol. The third-order valence-electron chi connectivity index (χ3n) is 5.64. The average molecular weight is 461 g/mol. The molecule has 3 aromatic heterocycles. The van der Waals surface area contributed by atoms with Crippen LogP contribution in [0.15, 0.2) is 54.9 Å². The first-order valence-corrected chi connectivity index (χ1v) is 11.5. The third-order valence-corrected chi connectivity index (χ3v) is 6.64. The number of hydrogen-bond donors (Lipinski definition) is 4. The van der Waals surface area contributed by atoms with Crippen LogP contribution in [0.5, 0.6) is 0 Å². The Morgan fingerprint density at radius 1 is 1.15 bits per heavy atom. The van der Waals surface area contributed by atoms with Gasteiger partial charge in [-0.25, -0.2) is 0 Å². The van der Waals surface area contributed by atoms with Gasteiger partial charge in [0, 0.05) is 36.7 Å². The number of pyridine rings is 1. The molecule has 1 amide bonds. The summed E-state index contributed by atoms with van der Waals surface area (Å²) < 4.78 is 6.30. The lowest BCUT2D eigenvalue weighted by molar-refractivity contribution is -0.118. The maximum atomic E-state index is 12.4. The Morgan fingerprint density at radius 2 is 1.94 bits per heavy atom. The van der Waals surface area contributed by atoms with E-state index < -0.39 is 0 Å². The molecule has 0 aliphatic carbocycles. The van der Waals surface area contributed by atoms with Crippen molar-refractivity contribution in [1.29, 1.82) is 5.41 Å². The van der Waals surface area contributed by atoms with Crippen molar-refractivity contribution in [2.24, 2.45) is 0 Å². The van der Waals surface area contributed by atoms with Gasteiger partial charge in [-0.15, -0.1) is 11.3 Å². The second-order valence-corrected chi connectivity index (χ2v) is 9.00. The van der Waals surface area contributed by atoms with Gasteiger partial charge in [0.25, 0.3) is 0 Å². The van der Waals surface area contributed by atoms with Crippen LogP contribution in [0.3, 0.4) is 0 Å². The highest BCUT2D eigenvalue weighted by atomic mass is 32.1. The monoisotopic (exact) mass is 460 g/mol. The molecule has 0 unspecified atom stereocenters. The standard InChI is InChI=1S/C24H24N6O2S/c25-18-11-16(15-3-5-27-6-4-15)1-2-17(18)24(26)20-12-21-19(28-20)13-23(33-21)29-22(31)14-30-7-9-32-10-8-30/h1-6,11-13,26,28H,7-10,14,25H2,(H,29,31). The number of morpholine rings is 1. The summed E-state index contributed by atoms with van der Waals surface area (Å²) in [5, 5.41) is 12.4. The van der Waals surface area contributed by atoms with Crippen LogP contribution in [0.4, 0.5) is 10.7 Å². The molecule has 4 aromatic rings. The van der Waals surface area contributed by atoms with Crippen LogP contribution in [-0.2, 0) is 9.53 Å². The van der Waals surface area contributed by atoms with Crippen LogP contribution in [0.2, 0.25) is 0 Å². The molecule has 8 nitrogen and oxygen atoms in total. The maximum Gasteiger partial charge on any atom is 0.239 e. The van der Waals surface area contributed by atoms with Crippen molar-refractivity contribution in [2.75, 3.05) is 43.9 Å². The summed E-state index contributed by atoms with van der Waals surface area (Å²) in [6.45, 7) is 3.25. The summed E-state index contributed by atoms with van der Waals surface area (Å²) in [5.41, 5.74) is 11.4. The molecule has 9 heteroatoms. The highest BCUT2D eigenvalue weighted by Gasteiger charge is 2.17. The Balaban J connectivity index is 1.29. The fraction of sp³-hybridized carbons (Fsp3) is 0.208. The topological polar surface area (TPSA) is 120 Å². The molecule has 1 fully saturated rings. The average Bonchev–Trinajstić information content (AvgIpc) is 3.38. The van der Waals surface area contributed by atoms with Crippen molar-refractivity contribution in [1.82, 2.24) is 14.9 Å². The third kappa shape index (κ3) is 4.65. The molecular formula is C24H24N6O2S. The Hall–Kier alpha value is -3.53. The van der Waals surface area contributed by atoms with Crippen LogP contribution in [0.1, 0.15) is 11.3 Å². The number of nitrogens with zero attached hydrogens (tertiary/aromatic N) is 2. The molecule has 0 saturated carbocycles. The number of nitrogens with one attached hydrogen (secondary N) is 3. The van der Waals surface area contributed by atoms with Crippen LogP contribution in [0, 0.1) is 5.41 Å². The van der Waals surface area contributed by atoms with Crippen LogP contribution in [0.25, 0.3) is 21.3 Å². The van der Waals surface area contributed by atoms with Gasteiger partial charge in [-0.05, 0) is 41.5 Å². The maximum absolute atomic E-state index is 12.4. The van der Waals surface area contributed by atoms with E-state index in [0.717, 1.165) is 39.4 Å². The number of H-pyrrole nitrogens is 1. The van der Waals surface area contributed by atoms with Crippen molar-refractivity contribution >= 4 is 43.9 Å². The van der Waals surface area contributed by atoms with E-state index in [4.69, 9.17) is 15.9 Å². The molecule has 1 aliphatic rings. The van der Waals surface area contributed by atoms with E-state index in [1.165, 1.54) is 11.3 Å². The van der Waals surface area contributed by atoms with E-state index in [1.807, 2.05) is 42.5 Å². The van der Waals surface area contributed by atoms with Crippen LogP contribution < -0.4 is 11.1 Å². The first-order chi connectivity index (χ1) is 16.1. The zero-order valence-corrected chi connectivity index (χ0v) is 18.7. The van der Waals surface area contributed by atoms with Gasteiger partial charge in [-0.1, -0.05) is 12.1 Å². The smallest absolute Gasteiger partial charge is 0.239 e. The lowest BCUT2D eigenvalue weighted by Gasteiger charge is -2.25. The number of ether oxygens (including phenoxy) is 1. The van der Waals surface area contributed by atoms with E-state index in [9.17, 15) is 4.79 Å². The zero-order chi connectivity index (χ0) is 22.8. The molecule has 0 radical (unpaired) electrons. The van der Waals surface area contributed by atoms with E-state index in [0.29, 0.717) is 42.4 Å².